The average Bonchev–Trinajstić information content (AvgIpc) is 3.07. The fraction of sp³-hybridized carbons (Fsp3) is 0.368. The zero-order valence-corrected chi connectivity index (χ0v) is 16.0. The van der Waals surface area contributed by atoms with Gasteiger partial charge in [0.2, 0.25) is 0 Å². The molecule has 3 rings (SSSR count). The Morgan fingerprint density at radius 3 is 2.75 bits per heavy atom. The van der Waals surface area contributed by atoms with Crippen LogP contribution in [-0.2, 0) is 21.0 Å². The monoisotopic (exact) mass is 406 g/mol. The van der Waals surface area contributed by atoms with Crippen LogP contribution in [0.25, 0.3) is 0 Å². The van der Waals surface area contributed by atoms with Crippen LogP contribution in [0.5, 0.6) is 0 Å². The van der Waals surface area contributed by atoms with E-state index in [4.69, 9.17) is 16.3 Å². The lowest BCUT2D eigenvalue weighted by Gasteiger charge is -2.26. The number of ether oxygens (including phenoxy) is 1. The molecule has 1 N–H and O–H groups in total. The molecule has 0 aliphatic carbocycles. The third-order valence-electron chi connectivity index (χ3n) is 5.00. The Bertz CT molecular complexity index is 902. The Kier molecular flexibility index (Phi) is 5.81. The van der Waals surface area contributed by atoms with E-state index in [9.17, 15) is 20.0 Å². The molecule has 0 amide bonds. The number of nitrogens with zero attached hydrogens (tertiary/aromatic N) is 2. The van der Waals surface area contributed by atoms with Crippen molar-refractivity contribution >= 4 is 17.6 Å². The molecule has 3 unspecified atom stereocenters. The van der Waals surface area contributed by atoms with Crippen LogP contribution < -0.4 is 0 Å². The highest BCUT2D eigenvalue weighted by Gasteiger charge is 2.36. The second kappa shape index (κ2) is 8.12. The Morgan fingerprint density at radius 2 is 2.14 bits per heavy atom. The van der Waals surface area contributed by atoms with E-state index in [1.54, 1.807) is 25.3 Å². The third-order valence-corrected chi connectivity index (χ3v) is 5.26. The number of aliphatic carboxylic acids is 1. The fourth-order valence-electron chi connectivity index (χ4n) is 3.52. The lowest BCUT2D eigenvalue weighted by Crippen LogP contribution is -2.26. The number of fused-ring (bicyclic) bond motifs is 1. The molecule has 1 aromatic carbocycles. The number of halogens is 1. The molecular formula is C19H19ClN2O6. The van der Waals surface area contributed by atoms with Gasteiger partial charge in [-0.25, -0.2) is 0 Å². The third kappa shape index (κ3) is 3.93. The summed E-state index contributed by atoms with van der Waals surface area (Å²) in [6.45, 7) is 3.18. The summed E-state index contributed by atoms with van der Waals surface area (Å²) in [6, 6.07) is 7.17. The van der Waals surface area contributed by atoms with Gasteiger partial charge < -0.3 is 14.7 Å². The van der Waals surface area contributed by atoms with Crippen LogP contribution in [0.4, 0.5) is 0 Å². The summed E-state index contributed by atoms with van der Waals surface area (Å²) in [5, 5.41) is 20.0. The van der Waals surface area contributed by atoms with Crippen molar-refractivity contribution in [1.82, 2.24) is 4.98 Å². The van der Waals surface area contributed by atoms with E-state index in [-0.39, 0.29) is 6.61 Å². The quantitative estimate of drug-likeness (QED) is 0.551. The first-order valence-electron chi connectivity index (χ1n) is 8.65. The van der Waals surface area contributed by atoms with Gasteiger partial charge in [0.25, 0.3) is 5.09 Å². The Balaban J connectivity index is 2.12. The number of rotatable bonds is 7. The summed E-state index contributed by atoms with van der Waals surface area (Å²) in [7, 11) is 0. The maximum Gasteiger partial charge on any atom is 0.306 e. The number of carbonyl (C=O) groups is 1. The summed E-state index contributed by atoms with van der Waals surface area (Å²) in [4.78, 5) is 31.4. The van der Waals surface area contributed by atoms with Gasteiger partial charge in [-0.1, -0.05) is 30.7 Å². The maximum atomic E-state index is 11.7. The Morgan fingerprint density at radius 1 is 1.46 bits per heavy atom. The van der Waals surface area contributed by atoms with E-state index in [1.165, 1.54) is 6.92 Å². The molecule has 0 bridgehead atoms. The molecule has 0 radical (unpaired) electrons. The smallest absolute Gasteiger partial charge is 0.306 e. The van der Waals surface area contributed by atoms with Gasteiger partial charge >= 0.3 is 5.97 Å². The van der Waals surface area contributed by atoms with Gasteiger partial charge in [0.1, 0.15) is 12.7 Å². The minimum absolute atomic E-state index is 0.313. The molecule has 2 heterocycles. The number of aryl methyl sites for hydroxylation is 1. The van der Waals surface area contributed by atoms with E-state index in [0.29, 0.717) is 22.9 Å². The zero-order valence-electron chi connectivity index (χ0n) is 15.3. The van der Waals surface area contributed by atoms with Gasteiger partial charge in [-0.05, 0) is 35.7 Å². The fourth-order valence-corrected chi connectivity index (χ4v) is 3.65. The molecule has 0 saturated heterocycles. The lowest BCUT2D eigenvalue weighted by molar-refractivity contribution is -0.758. The van der Waals surface area contributed by atoms with Crippen molar-refractivity contribution in [3.05, 3.63) is 73.5 Å². The van der Waals surface area contributed by atoms with Crippen LogP contribution in [0.15, 0.2) is 30.5 Å². The van der Waals surface area contributed by atoms with E-state index in [1.807, 2.05) is 12.1 Å². The first-order valence-corrected chi connectivity index (χ1v) is 9.02. The minimum Gasteiger partial charge on any atom is -0.481 e. The first-order chi connectivity index (χ1) is 13.3. The van der Waals surface area contributed by atoms with Crippen molar-refractivity contribution in [3.8, 4) is 0 Å². The van der Waals surface area contributed by atoms with Crippen molar-refractivity contribution in [3.63, 3.8) is 0 Å². The largest absolute Gasteiger partial charge is 0.481 e. The van der Waals surface area contributed by atoms with Crippen LogP contribution in [-0.4, -0.2) is 27.8 Å². The second-order valence-corrected chi connectivity index (χ2v) is 7.13. The van der Waals surface area contributed by atoms with Crippen LogP contribution in [0.1, 0.15) is 46.9 Å². The highest BCUT2D eigenvalue weighted by molar-refractivity contribution is 6.30. The van der Waals surface area contributed by atoms with Crippen molar-refractivity contribution < 1.29 is 24.6 Å². The maximum absolute atomic E-state index is 11.7. The normalized spacial score (nSPS) is 17.6. The Labute approximate surface area is 166 Å². The second-order valence-electron chi connectivity index (χ2n) is 6.69. The van der Waals surface area contributed by atoms with Crippen molar-refractivity contribution in [2.45, 2.75) is 32.5 Å². The lowest BCUT2D eigenvalue weighted by atomic mass is 9.81. The van der Waals surface area contributed by atoms with Gasteiger partial charge in [0, 0.05) is 28.4 Å². The number of carboxylic acids is 1. The first kappa shape index (κ1) is 20.0. The minimum atomic E-state index is -1.07. The number of pyridine rings is 1. The van der Waals surface area contributed by atoms with E-state index in [0.717, 1.165) is 16.7 Å². The van der Waals surface area contributed by atoms with Crippen LogP contribution in [0.3, 0.4) is 0 Å². The topological polar surface area (TPSA) is 112 Å². The molecule has 3 atom stereocenters. The predicted octanol–water partition coefficient (Wildman–Crippen LogP) is 3.68. The molecule has 1 aromatic heterocycles. The van der Waals surface area contributed by atoms with E-state index >= 15 is 0 Å². The summed E-state index contributed by atoms with van der Waals surface area (Å²) in [6.07, 6.45) is 1.25. The molecule has 8 nitrogen and oxygen atoms in total. The predicted molar refractivity (Wildman–Crippen MR) is 99.5 cm³/mol. The van der Waals surface area contributed by atoms with Gasteiger partial charge in [-0.3, -0.25) is 9.78 Å². The Hall–Kier alpha value is -2.71. The number of aromatic nitrogens is 1. The molecule has 9 heteroatoms. The molecule has 28 heavy (non-hydrogen) atoms. The number of benzene rings is 1. The van der Waals surface area contributed by atoms with Crippen molar-refractivity contribution in [1.29, 1.82) is 0 Å². The van der Waals surface area contributed by atoms with Crippen LogP contribution >= 0.6 is 11.6 Å². The zero-order chi connectivity index (χ0) is 20.4. The molecule has 1 aliphatic rings. The van der Waals surface area contributed by atoms with Crippen LogP contribution in [0.2, 0.25) is 5.02 Å². The number of hydrogen-bond donors (Lipinski definition) is 1. The van der Waals surface area contributed by atoms with Gasteiger partial charge in [0.05, 0.1) is 12.5 Å². The van der Waals surface area contributed by atoms with Crippen LogP contribution in [0, 0.1) is 23.0 Å². The van der Waals surface area contributed by atoms with Gasteiger partial charge in [0.15, 0.2) is 0 Å². The summed E-state index contributed by atoms with van der Waals surface area (Å²) in [5.41, 5.74) is 3.68. The van der Waals surface area contributed by atoms with Crippen molar-refractivity contribution in [2.75, 3.05) is 6.61 Å². The van der Waals surface area contributed by atoms with Crippen molar-refractivity contribution in [2.24, 2.45) is 5.92 Å². The average molecular weight is 407 g/mol. The molecule has 2 aromatic rings. The molecule has 148 valence electrons. The number of carboxylic acid groups (broad SMARTS) is 1. The highest BCUT2D eigenvalue weighted by Crippen LogP contribution is 2.43. The molecular weight excluding hydrogens is 388 g/mol. The molecule has 1 aliphatic heterocycles. The summed E-state index contributed by atoms with van der Waals surface area (Å²) < 4.78 is 5.96. The molecule has 0 fully saturated rings. The molecule has 0 saturated carbocycles. The SMILES string of the molecule is Cc1ncc2c(c1C(CO[N+](=O)[O-])C(C)C(=O)O)C(c1ccc(Cl)cc1)OC2. The van der Waals surface area contributed by atoms with Gasteiger partial charge in [-0.15, -0.1) is 10.1 Å². The van der Waals surface area contributed by atoms with E-state index < -0.39 is 29.0 Å². The number of hydrogen-bond acceptors (Lipinski definition) is 6. The molecule has 0 spiro atoms. The summed E-state index contributed by atoms with van der Waals surface area (Å²) >= 11 is 5.98. The highest BCUT2D eigenvalue weighted by atomic mass is 35.5. The summed E-state index contributed by atoms with van der Waals surface area (Å²) in [5.74, 6) is -2.75. The standard InChI is InChI=1S/C19H19ClN2O6/c1-10(19(23)24)15(9-28-22(25)26)16-11(2)21-7-13-8-27-18(17(13)16)12-3-5-14(20)6-4-12/h3-7,10,15,18H,8-9H2,1-2H3,(H,23,24). The van der Waals surface area contributed by atoms with E-state index in [2.05, 4.69) is 9.82 Å². The van der Waals surface area contributed by atoms with Gasteiger partial charge in [-0.2, -0.15) is 0 Å².